The lowest BCUT2D eigenvalue weighted by Crippen LogP contribution is -2.33. The fraction of sp³-hybridized carbons (Fsp3) is 0.267. The number of benzene rings is 2. The third kappa shape index (κ3) is 4.99. The molecule has 0 spiro atoms. The Kier molecular flexibility index (Phi) is 7.23. The number of hydrogen-bond acceptors (Lipinski definition) is 3. The molecule has 2 unspecified atom stereocenters. The van der Waals surface area contributed by atoms with Crippen molar-refractivity contribution < 1.29 is 4.39 Å². The first kappa shape index (κ1) is 26.1. The van der Waals surface area contributed by atoms with E-state index in [1.807, 2.05) is 47.2 Å². The average Bonchev–Trinajstić information content (AvgIpc) is 3.55. The zero-order valence-electron chi connectivity index (χ0n) is 21.4. The van der Waals surface area contributed by atoms with Crippen molar-refractivity contribution in [3.05, 3.63) is 106 Å². The zero-order valence-corrected chi connectivity index (χ0v) is 23.7. The van der Waals surface area contributed by atoms with Crippen LogP contribution in [0.25, 0.3) is 5.69 Å². The molecule has 9 heteroatoms. The highest BCUT2D eigenvalue weighted by Gasteiger charge is 2.42. The van der Waals surface area contributed by atoms with E-state index in [4.69, 9.17) is 35.4 Å². The Morgan fingerprint density at radius 3 is 2.44 bits per heavy atom. The van der Waals surface area contributed by atoms with Crippen LogP contribution in [-0.4, -0.2) is 27.8 Å². The molecule has 2 aliphatic heterocycles. The molecule has 200 valence electrons. The molecule has 2 atom stereocenters. The molecular weight excluding hydrogens is 552 g/mol. The highest BCUT2D eigenvalue weighted by molar-refractivity contribution is 7.80. The van der Waals surface area contributed by atoms with Gasteiger partial charge >= 0.3 is 0 Å². The Morgan fingerprint density at radius 1 is 0.949 bits per heavy atom. The molecule has 0 saturated carbocycles. The van der Waals surface area contributed by atoms with Gasteiger partial charge in [-0.2, -0.15) is 0 Å². The van der Waals surface area contributed by atoms with E-state index in [0.717, 1.165) is 60.3 Å². The number of nitrogens with zero attached hydrogens (tertiary/aromatic N) is 4. The van der Waals surface area contributed by atoms with E-state index in [1.54, 1.807) is 18.3 Å². The number of aromatic nitrogens is 2. The Bertz CT molecular complexity index is 1500. The maximum atomic E-state index is 14.0. The largest absolute Gasteiger partial charge is 0.370 e. The molecule has 39 heavy (non-hydrogen) atoms. The molecule has 2 fully saturated rings. The van der Waals surface area contributed by atoms with Gasteiger partial charge in [-0.15, -0.1) is 0 Å². The van der Waals surface area contributed by atoms with Gasteiger partial charge in [-0.05, 0) is 91.6 Å². The standard InChI is InChI=1S/C30H28Cl2FN5S/c1-19-11-15-36(16-12-19)26-10-8-21(18-23(26)32)38-29(28(35-30(38)39)25-5-2-3-13-34-25)27-6-4-14-37(27)20-7-9-24(33)22(31)17-20/h2-10,13-14,17-19,28-29H,11-12,15-16H2,1H3,(H,35,39). The number of thiocarbonyl (C=S) groups is 1. The predicted molar refractivity (Wildman–Crippen MR) is 161 cm³/mol. The first-order valence-electron chi connectivity index (χ1n) is 13.1. The molecule has 4 aromatic rings. The quantitative estimate of drug-likeness (QED) is 0.245. The van der Waals surface area contributed by atoms with E-state index in [0.29, 0.717) is 10.1 Å². The molecule has 0 radical (unpaired) electrons. The van der Waals surface area contributed by atoms with Gasteiger partial charge in [0.1, 0.15) is 11.9 Å². The van der Waals surface area contributed by atoms with Gasteiger partial charge in [0.2, 0.25) is 0 Å². The molecule has 6 rings (SSSR count). The number of pyridine rings is 1. The van der Waals surface area contributed by atoms with Crippen LogP contribution in [0.5, 0.6) is 0 Å². The summed E-state index contributed by atoms with van der Waals surface area (Å²) in [6, 6.07) is 20.3. The molecule has 2 aromatic heterocycles. The molecule has 2 saturated heterocycles. The van der Waals surface area contributed by atoms with Gasteiger partial charge in [0.15, 0.2) is 5.11 Å². The Morgan fingerprint density at radius 2 is 1.72 bits per heavy atom. The van der Waals surface area contributed by atoms with Crippen molar-refractivity contribution in [2.24, 2.45) is 5.92 Å². The summed E-state index contributed by atoms with van der Waals surface area (Å²) in [4.78, 5) is 9.11. The Balaban J connectivity index is 1.43. The molecule has 0 amide bonds. The second-order valence-electron chi connectivity index (χ2n) is 10.2. The first-order chi connectivity index (χ1) is 18.9. The lowest BCUT2D eigenvalue weighted by Gasteiger charge is -2.33. The topological polar surface area (TPSA) is 36.3 Å². The van der Waals surface area contributed by atoms with Crippen LogP contribution in [0.15, 0.2) is 79.1 Å². The number of halogens is 3. The van der Waals surface area contributed by atoms with Crippen LogP contribution in [0, 0.1) is 11.7 Å². The minimum absolute atomic E-state index is 0.0693. The van der Waals surface area contributed by atoms with Crippen molar-refractivity contribution in [1.29, 1.82) is 0 Å². The predicted octanol–water partition coefficient (Wildman–Crippen LogP) is 7.73. The van der Waals surface area contributed by atoms with E-state index < -0.39 is 5.82 Å². The molecule has 4 heterocycles. The normalized spacial score (nSPS) is 19.9. The number of anilines is 2. The Hall–Kier alpha value is -3.13. The van der Waals surface area contributed by atoms with Crippen molar-refractivity contribution in [2.45, 2.75) is 31.8 Å². The minimum Gasteiger partial charge on any atom is -0.370 e. The second-order valence-corrected chi connectivity index (χ2v) is 11.4. The summed E-state index contributed by atoms with van der Waals surface area (Å²) in [5.41, 5.74) is 4.51. The van der Waals surface area contributed by atoms with Gasteiger partial charge in [0.25, 0.3) is 0 Å². The van der Waals surface area contributed by atoms with Crippen LogP contribution < -0.4 is 15.1 Å². The third-order valence-corrected chi connectivity index (χ3v) is 8.60. The smallest absolute Gasteiger partial charge is 0.174 e. The molecule has 2 aliphatic rings. The number of hydrogen-bond donors (Lipinski definition) is 1. The number of rotatable bonds is 5. The third-order valence-electron chi connectivity index (χ3n) is 7.70. The van der Waals surface area contributed by atoms with E-state index in [2.05, 4.69) is 39.2 Å². The van der Waals surface area contributed by atoms with Crippen molar-refractivity contribution >= 4 is 51.9 Å². The fourth-order valence-corrected chi connectivity index (χ4v) is 6.41. The summed E-state index contributed by atoms with van der Waals surface area (Å²) in [6.45, 7) is 4.31. The van der Waals surface area contributed by atoms with Gasteiger partial charge in [-0.3, -0.25) is 4.98 Å². The van der Waals surface area contributed by atoms with Gasteiger partial charge in [0.05, 0.1) is 27.5 Å². The lowest BCUT2D eigenvalue weighted by molar-refractivity contribution is 0.438. The monoisotopic (exact) mass is 579 g/mol. The van der Waals surface area contributed by atoms with Crippen LogP contribution in [-0.2, 0) is 0 Å². The highest BCUT2D eigenvalue weighted by Crippen LogP contribution is 2.44. The van der Waals surface area contributed by atoms with Crippen molar-refractivity contribution in [1.82, 2.24) is 14.9 Å². The first-order valence-corrected chi connectivity index (χ1v) is 14.2. The highest BCUT2D eigenvalue weighted by atomic mass is 35.5. The molecule has 2 aromatic carbocycles. The molecular formula is C30H28Cl2FN5S. The van der Waals surface area contributed by atoms with Crippen LogP contribution in [0.3, 0.4) is 0 Å². The number of nitrogens with one attached hydrogen (secondary N) is 1. The van der Waals surface area contributed by atoms with Gasteiger partial charge in [0, 0.05) is 42.6 Å². The van der Waals surface area contributed by atoms with E-state index in [1.165, 1.54) is 6.07 Å². The van der Waals surface area contributed by atoms with Crippen LogP contribution in [0.1, 0.15) is 43.2 Å². The van der Waals surface area contributed by atoms with Crippen LogP contribution >= 0.6 is 35.4 Å². The maximum absolute atomic E-state index is 14.0. The average molecular weight is 581 g/mol. The summed E-state index contributed by atoms with van der Waals surface area (Å²) < 4.78 is 16.0. The van der Waals surface area contributed by atoms with E-state index in [9.17, 15) is 4.39 Å². The van der Waals surface area contributed by atoms with E-state index >= 15 is 0 Å². The lowest BCUT2D eigenvalue weighted by atomic mass is 9.98. The van der Waals surface area contributed by atoms with Crippen molar-refractivity contribution in [3.63, 3.8) is 0 Å². The van der Waals surface area contributed by atoms with Gasteiger partial charge in [-0.25, -0.2) is 4.39 Å². The summed E-state index contributed by atoms with van der Waals surface area (Å²) in [5.74, 6) is 0.285. The fourth-order valence-electron chi connectivity index (χ4n) is 5.59. The molecule has 0 aliphatic carbocycles. The van der Waals surface area contributed by atoms with Crippen LogP contribution in [0.4, 0.5) is 15.8 Å². The molecule has 5 nitrogen and oxygen atoms in total. The van der Waals surface area contributed by atoms with E-state index in [-0.39, 0.29) is 17.1 Å². The van der Waals surface area contributed by atoms with Crippen LogP contribution in [0.2, 0.25) is 10.0 Å². The summed E-state index contributed by atoms with van der Waals surface area (Å²) in [7, 11) is 0. The zero-order chi connectivity index (χ0) is 27.1. The minimum atomic E-state index is -0.455. The van der Waals surface area contributed by atoms with Crippen molar-refractivity contribution in [2.75, 3.05) is 22.9 Å². The second kappa shape index (κ2) is 10.8. The van der Waals surface area contributed by atoms with Crippen molar-refractivity contribution in [3.8, 4) is 5.69 Å². The maximum Gasteiger partial charge on any atom is 0.174 e. The molecule has 1 N–H and O–H groups in total. The van der Waals surface area contributed by atoms with Gasteiger partial charge in [-0.1, -0.05) is 36.2 Å². The molecule has 0 bridgehead atoms. The summed E-state index contributed by atoms with van der Waals surface area (Å²) in [6.07, 6.45) is 6.05. The SMILES string of the molecule is CC1CCN(c2ccc(N3C(=S)NC(c4ccccn4)C3c3cccn3-c3ccc(F)c(Cl)c3)cc2Cl)CC1. The van der Waals surface area contributed by atoms with Gasteiger partial charge < -0.3 is 19.7 Å². The number of piperidine rings is 1. The Labute approximate surface area is 243 Å². The summed E-state index contributed by atoms with van der Waals surface area (Å²) in [5, 5.41) is 4.85. The summed E-state index contributed by atoms with van der Waals surface area (Å²) >= 11 is 19.0.